The van der Waals surface area contributed by atoms with E-state index < -0.39 is 6.10 Å². The first-order valence-corrected chi connectivity index (χ1v) is 7.65. The molecule has 0 aliphatic heterocycles. The highest BCUT2D eigenvalue weighted by Crippen LogP contribution is 2.72. The van der Waals surface area contributed by atoms with E-state index >= 15 is 0 Å². The molecular weight excluding hydrogens is 252 g/mol. The molecule has 3 saturated carbocycles. The fourth-order valence-electron chi connectivity index (χ4n) is 5.18. The van der Waals surface area contributed by atoms with Crippen LogP contribution in [0.4, 0.5) is 0 Å². The molecule has 108 valence electrons. The molecule has 5 unspecified atom stereocenters. The minimum Gasteiger partial charge on any atom is -0.496 e. The number of methoxy groups -OCH3 is 2. The summed E-state index contributed by atoms with van der Waals surface area (Å²) in [4.78, 5) is 0. The van der Waals surface area contributed by atoms with Gasteiger partial charge in [-0.3, -0.25) is 0 Å². The van der Waals surface area contributed by atoms with E-state index in [1.807, 2.05) is 18.2 Å². The molecule has 2 bridgehead atoms. The molecule has 0 amide bonds. The lowest BCUT2D eigenvalue weighted by molar-refractivity contribution is 0.123. The number of hydrogen-bond acceptors (Lipinski definition) is 3. The molecule has 4 rings (SSSR count). The van der Waals surface area contributed by atoms with Crippen LogP contribution in [-0.2, 0) is 0 Å². The zero-order valence-corrected chi connectivity index (χ0v) is 12.1. The van der Waals surface area contributed by atoms with Gasteiger partial charge >= 0.3 is 0 Å². The van der Waals surface area contributed by atoms with Gasteiger partial charge in [0.15, 0.2) is 0 Å². The topological polar surface area (TPSA) is 38.7 Å². The predicted octanol–water partition coefficient (Wildman–Crippen LogP) is 3.03. The van der Waals surface area contributed by atoms with Crippen molar-refractivity contribution < 1.29 is 14.6 Å². The van der Waals surface area contributed by atoms with E-state index in [-0.39, 0.29) is 0 Å². The SMILES string of the molecule is COc1cccc(OC)c1C(O)C1C2C3CCC(C3)C21. The van der Waals surface area contributed by atoms with Crippen molar-refractivity contribution in [2.45, 2.75) is 25.4 Å². The minimum absolute atomic E-state index is 0.423. The smallest absolute Gasteiger partial charge is 0.128 e. The molecule has 20 heavy (non-hydrogen) atoms. The summed E-state index contributed by atoms with van der Waals surface area (Å²) in [7, 11) is 3.31. The number of fused-ring (bicyclic) bond motifs is 5. The Bertz CT molecular complexity index is 489. The predicted molar refractivity (Wildman–Crippen MR) is 75.8 cm³/mol. The fraction of sp³-hybridized carbons (Fsp3) is 0.647. The molecule has 3 heteroatoms. The largest absolute Gasteiger partial charge is 0.496 e. The Kier molecular flexibility index (Phi) is 2.75. The summed E-state index contributed by atoms with van der Waals surface area (Å²) >= 11 is 0. The highest BCUT2D eigenvalue weighted by Gasteiger charge is 2.67. The van der Waals surface area contributed by atoms with Gasteiger partial charge in [-0.05, 0) is 61.0 Å². The monoisotopic (exact) mass is 274 g/mol. The molecule has 0 saturated heterocycles. The summed E-state index contributed by atoms with van der Waals surface area (Å²) in [6.45, 7) is 0. The lowest BCUT2D eigenvalue weighted by Gasteiger charge is -2.20. The van der Waals surface area contributed by atoms with Crippen molar-refractivity contribution in [2.75, 3.05) is 14.2 Å². The number of benzene rings is 1. The Labute approximate surface area is 119 Å². The van der Waals surface area contributed by atoms with Crippen LogP contribution in [0, 0.1) is 29.6 Å². The van der Waals surface area contributed by atoms with Crippen LogP contribution in [0.3, 0.4) is 0 Å². The normalized spacial score (nSPS) is 38.5. The molecule has 0 heterocycles. The average Bonchev–Trinajstić information content (AvgIpc) is 2.93. The second-order valence-corrected chi connectivity index (χ2v) is 6.59. The van der Waals surface area contributed by atoms with E-state index in [0.717, 1.165) is 40.7 Å². The first-order chi connectivity index (χ1) is 9.76. The van der Waals surface area contributed by atoms with Crippen molar-refractivity contribution in [2.24, 2.45) is 29.6 Å². The van der Waals surface area contributed by atoms with Gasteiger partial charge in [0, 0.05) is 0 Å². The summed E-state index contributed by atoms with van der Waals surface area (Å²) in [5.74, 6) is 5.14. The molecule has 3 nitrogen and oxygen atoms in total. The zero-order valence-electron chi connectivity index (χ0n) is 12.1. The van der Waals surface area contributed by atoms with Gasteiger partial charge < -0.3 is 14.6 Å². The van der Waals surface area contributed by atoms with Crippen LogP contribution in [0.2, 0.25) is 0 Å². The van der Waals surface area contributed by atoms with Crippen molar-refractivity contribution in [1.29, 1.82) is 0 Å². The summed E-state index contributed by atoms with van der Waals surface area (Å²) in [6, 6.07) is 5.73. The van der Waals surface area contributed by atoms with Gasteiger partial charge in [-0.2, -0.15) is 0 Å². The van der Waals surface area contributed by atoms with Crippen molar-refractivity contribution in [3.8, 4) is 11.5 Å². The molecule has 1 N–H and O–H groups in total. The summed E-state index contributed by atoms with van der Waals surface area (Å²) in [5, 5.41) is 10.9. The van der Waals surface area contributed by atoms with Gasteiger partial charge in [0.05, 0.1) is 25.9 Å². The Morgan fingerprint density at radius 1 is 1.05 bits per heavy atom. The van der Waals surface area contributed by atoms with Crippen molar-refractivity contribution in [3.05, 3.63) is 23.8 Å². The Morgan fingerprint density at radius 3 is 2.10 bits per heavy atom. The number of rotatable bonds is 4. The van der Waals surface area contributed by atoms with Gasteiger partial charge in [0.1, 0.15) is 11.5 Å². The maximum absolute atomic E-state index is 10.9. The molecule has 0 radical (unpaired) electrons. The number of aliphatic hydroxyl groups excluding tert-OH is 1. The standard InChI is InChI=1S/C17H22O3/c1-19-11-4-3-5-12(20-2)15(11)17(18)16-13-9-6-7-10(8-9)14(13)16/h3-5,9-10,13-14,16-18H,6-8H2,1-2H3. The molecule has 0 spiro atoms. The summed E-state index contributed by atoms with van der Waals surface area (Å²) in [5.41, 5.74) is 0.844. The van der Waals surface area contributed by atoms with Crippen molar-refractivity contribution in [3.63, 3.8) is 0 Å². The first-order valence-electron chi connectivity index (χ1n) is 7.65. The van der Waals surface area contributed by atoms with Crippen molar-refractivity contribution >= 4 is 0 Å². The van der Waals surface area contributed by atoms with E-state index in [0.29, 0.717) is 5.92 Å². The summed E-state index contributed by atoms with van der Waals surface area (Å²) < 4.78 is 10.9. The average molecular weight is 274 g/mol. The van der Waals surface area contributed by atoms with Crippen LogP contribution < -0.4 is 9.47 Å². The second-order valence-electron chi connectivity index (χ2n) is 6.59. The quantitative estimate of drug-likeness (QED) is 0.917. The van der Waals surface area contributed by atoms with Crippen LogP contribution in [0.1, 0.15) is 30.9 Å². The van der Waals surface area contributed by atoms with E-state index in [9.17, 15) is 5.11 Å². The van der Waals surface area contributed by atoms with Crippen LogP contribution in [-0.4, -0.2) is 19.3 Å². The Morgan fingerprint density at radius 2 is 1.60 bits per heavy atom. The Hall–Kier alpha value is -1.22. The maximum Gasteiger partial charge on any atom is 0.128 e. The van der Waals surface area contributed by atoms with E-state index in [1.54, 1.807) is 14.2 Å². The zero-order chi connectivity index (χ0) is 13.9. The Balaban J connectivity index is 1.65. The molecule has 5 atom stereocenters. The molecule has 3 fully saturated rings. The lowest BCUT2D eigenvalue weighted by atomic mass is 9.94. The van der Waals surface area contributed by atoms with Gasteiger partial charge in [-0.1, -0.05) is 6.07 Å². The fourth-order valence-corrected chi connectivity index (χ4v) is 5.18. The lowest BCUT2D eigenvalue weighted by Crippen LogP contribution is -2.11. The molecular formula is C17H22O3. The second kappa shape index (κ2) is 4.39. The van der Waals surface area contributed by atoms with E-state index in [4.69, 9.17) is 9.47 Å². The van der Waals surface area contributed by atoms with Gasteiger partial charge in [0.25, 0.3) is 0 Å². The number of aliphatic hydroxyl groups is 1. The van der Waals surface area contributed by atoms with Crippen LogP contribution in [0.5, 0.6) is 11.5 Å². The highest BCUT2D eigenvalue weighted by molar-refractivity contribution is 5.47. The van der Waals surface area contributed by atoms with Gasteiger partial charge in [0.2, 0.25) is 0 Å². The third kappa shape index (κ3) is 1.56. The maximum atomic E-state index is 10.9. The molecule has 3 aliphatic carbocycles. The third-order valence-electron chi connectivity index (χ3n) is 5.92. The van der Waals surface area contributed by atoms with E-state index in [1.165, 1.54) is 19.3 Å². The van der Waals surface area contributed by atoms with Crippen LogP contribution in [0.25, 0.3) is 0 Å². The third-order valence-corrected chi connectivity index (χ3v) is 5.92. The summed E-state index contributed by atoms with van der Waals surface area (Å²) in [6.07, 6.45) is 3.71. The first kappa shape index (κ1) is 12.5. The van der Waals surface area contributed by atoms with Crippen LogP contribution in [0.15, 0.2) is 18.2 Å². The van der Waals surface area contributed by atoms with Gasteiger partial charge in [-0.25, -0.2) is 0 Å². The molecule has 1 aromatic rings. The minimum atomic E-state index is -0.445. The van der Waals surface area contributed by atoms with E-state index in [2.05, 4.69) is 0 Å². The number of hydrogen-bond donors (Lipinski definition) is 1. The van der Waals surface area contributed by atoms with Crippen molar-refractivity contribution in [1.82, 2.24) is 0 Å². The number of ether oxygens (including phenoxy) is 2. The molecule has 0 aromatic heterocycles. The molecule has 1 aromatic carbocycles. The highest BCUT2D eigenvalue weighted by atomic mass is 16.5. The van der Waals surface area contributed by atoms with Crippen LogP contribution >= 0.6 is 0 Å². The van der Waals surface area contributed by atoms with Gasteiger partial charge in [-0.15, -0.1) is 0 Å². The molecule has 3 aliphatic rings.